The first-order valence-electron chi connectivity index (χ1n) is 8.53. The van der Waals surface area contributed by atoms with Crippen molar-refractivity contribution < 1.29 is 24.2 Å². The lowest BCUT2D eigenvalue weighted by atomic mass is 10.1. The largest absolute Gasteiger partial charge is 0.505 e. The van der Waals surface area contributed by atoms with Gasteiger partial charge in [-0.25, -0.2) is 4.39 Å². The predicted molar refractivity (Wildman–Crippen MR) is 103 cm³/mol. The number of nitrogens with one attached hydrogen (secondary N) is 1. The Morgan fingerprint density at radius 1 is 1.21 bits per heavy atom. The van der Waals surface area contributed by atoms with E-state index in [-0.39, 0.29) is 31.0 Å². The molecular weight excluding hydrogens is 387 g/mol. The highest BCUT2D eigenvalue weighted by molar-refractivity contribution is 6.30. The third kappa shape index (κ3) is 3.72. The van der Waals surface area contributed by atoms with E-state index < -0.39 is 17.5 Å². The molecule has 3 N–H and O–H groups in total. The molecule has 0 spiro atoms. The van der Waals surface area contributed by atoms with E-state index in [1.54, 1.807) is 31.2 Å². The first kappa shape index (κ1) is 19.9. The minimum absolute atomic E-state index is 0.0890. The maximum absolute atomic E-state index is 14.0. The number of hydrogen-bond donors (Lipinski definition) is 3. The van der Waals surface area contributed by atoms with Gasteiger partial charge < -0.3 is 15.5 Å². The third-order valence-corrected chi connectivity index (χ3v) is 4.72. The second-order valence-corrected chi connectivity index (χ2v) is 6.72. The summed E-state index contributed by atoms with van der Waals surface area (Å²) in [6.45, 7) is 1.55. The second kappa shape index (κ2) is 8.00. The Morgan fingerprint density at radius 2 is 1.89 bits per heavy atom. The molecule has 1 heterocycles. The molecule has 3 rings (SSSR count). The summed E-state index contributed by atoms with van der Waals surface area (Å²) in [7, 11) is 0. The highest BCUT2D eigenvalue weighted by atomic mass is 35.5. The number of benzene rings is 2. The molecule has 0 atom stereocenters. The number of phenols is 1. The molecule has 28 heavy (non-hydrogen) atoms. The minimum atomic E-state index is -0.869. The van der Waals surface area contributed by atoms with Crippen molar-refractivity contribution in [2.45, 2.75) is 13.3 Å². The molecule has 0 radical (unpaired) electrons. The summed E-state index contributed by atoms with van der Waals surface area (Å²) in [6, 6.07) is 8.54. The lowest BCUT2D eigenvalue weighted by molar-refractivity contribution is -0.120. The van der Waals surface area contributed by atoms with Gasteiger partial charge in [0, 0.05) is 34.3 Å². The number of aromatic nitrogens is 1. The monoisotopic (exact) mass is 404 g/mol. The topological polar surface area (TPSA) is 91.6 Å². The maximum atomic E-state index is 14.0. The lowest BCUT2D eigenvalue weighted by Gasteiger charge is -2.08. The van der Waals surface area contributed by atoms with Gasteiger partial charge in [0.05, 0.1) is 18.5 Å². The number of carbonyl (C=O) groups is 2. The number of fused-ring (bicyclic) bond motifs is 1. The maximum Gasteiger partial charge on any atom is 0.262 e. The lowest BCUT2D eigenvalue weighted by Crippen LogP contribution is -2.28. The smallest absolute Gasteiger partial charge is 0.262 e. The van der Waals surface area contributed by atoms with Crippen LogP contribution in [-0.4, -0.2) is 39.7 Å². The molecule has 0 unspecified atom stereocenters. The number of nitrogens with zero attached hydrogens (tertiary/aromatic N) is 1. The Labute approximate surface area is 165 Å². The summed E-state index contributed by atoms with van der Waals surface area (Å²) in [5.74, 6) is -2.21. The summed E-state index contributed by atoms with van der Waals surface area (Å²) in [6.07, 6.45) is -0.0890. The van der Waals surface area contributed by atoms with Crippen molar-refractivity contribution in [2.75, 3.05) is 13.2 Å². The van der Waals surface area contributed by atoms with Crippen LogP contribution in [0.1, 0.15) is 21.6 Å². The number of aliphatic hydroxyl groups is 1. The van der Waals surface area contributed by atoms with Crippen LogP contribution in [-0.2, 0) is 11.2 Å². The fraction of sp³-hybridized carbons (Fsp3) is 0.200. The van der Waals surface area contributed by atoms with Crippen LogP contribution in [0.5, 0.6) is 5.75 Å². The van der Waals surface area contributed by atoms with Gasteiger partial charge in [-0.15, -0.1) is 0 Å². The van der Waals surface area contributed by atoms with E-state index in [1.807, 2.05) is 0 Å². The van der Waals surface area contributed by atoms with Crippen molar-refractivity contribution in [3.05, 3.63) is 64.1 Å². The second-order valence-electron chi connectivity index (χ2n) is 6.28. The first-order chi connectivity index (χ1) is 13.3. The van der Waals surface area contributed by atoms with Crippen LogP contribution in [0.2, 0.25) is 5.02 Å². The number of hydrogen-bond acceptors (Lipinski definition) is 4. The van der Waals surface area contributed by atoms with Crippen molar-refractivity contribution in [1.82, 2.24) is 9.88 Å². The van der Waals surface area contributed by atoms with E-state index in [0.29, 0.717) is 27.2 Å². The average molecular weight is 405 g/mol. The molecule has 8 heteroatoms. The summed E-state index contributed by atoms with van der Waals surface area (Å²) in [5, 5.41) is 22.1. The SMILES string of the molecule is Cc1c(CC(=O)NCCO)c2cc(O)c(F)cc2n1C(=O)c1ccc(Cl)cc1. The van der Waals surface area contributed by atoms with Gasteiger partial charge in [-0.1, -0.05) is 11.6 Å². The van der Waals surface area contributed by atoms with E-state index in [2.05, 4.69) is 5.32 Å². The number of amides is 1. The molecule has 0 aliphatic carbocycles. The molecule has 0 saturated carbocycles. The zero-order chi connectivity index (χ0) is 20.4. The number of carbonyl (C=O) groups excluding carboxylic acids is 2. The van der Waals surface area contributed by atoms with Gasteiger partial charge in [-0.3, -0.25) is 14.2 Å². The molecule has 0 bridgehead atoms. The Hall–Kier alpha value is -2.90. The van der Waals surface area contributed by atoms with Gasteiger partial charge in [-0.2, -0.15) is 0 Å². The van der Waals surface area contributed by atoms with E-state index >= 15 is 0 Å². The Kier molecular flexibility index (Phi) is 5.67. The number of rotatable bonds is 5. The molecule has 0 aliphatic heterocycles. The van der Waals surface area contributed by atoms with Gasteiger partial charge in [-0.05, 0) is 42.8 Å². The molecule has 6 nitrogen and oxygen atoms in total. The van der Waals surface area contributed by atoms with Crippen molar-refractivity contribution >= 4 is 34.3 Å². The van der Waals surface area contributed by atoms with Crippen molar-refractivity contribution in [2.24, 2.45) is 0 Å². The van der Waals surface area contributed by atoms with E-state index in [4.69, 9.17) is 16.7 Å². The fourth-order valence-electron chi connectivity index (χ4n) is 3.11. The molecular formula is C20H18ClFN2O4. The number of phenolic OH excluding ortho intramolecular Hbond substituents is 1. The third-order valence-electron chi connectivity index (χ3n) is 4.47. The number of aliphatic hydroxyl groups excluding tert-OH is 1. The van der Waals surface area contributed by atoms with Crippen molar-refractivity contribution in [3.63, 3.8) is 0 Å². The summed E-state index contributed by atoms with van der Waals surface area (Å²) in [5.41, 5.74) is 1.54. The molecule has 0 fully saturated rings. The van der Waals surface area contributed by atoms with E-state index in [1.165, 1.54) is 10.6 Å². The van der Waals surface area contributed by atoms with Gasteiger partial charge >= 0.3 is 0 Å². The van der Waals surface area contributed by atoms with Crippen LogP contribution in [0.15, 0.2) is 36.4 Å². The summed E-state index contributed by atoms with van der Waals surface area (Å²) < 4.78 is 15.3. The van der Waals surface area contributed by atoms with Crippen LogP contribution in [0.4, 0.5) is 4.39 Å². The van der Waals surface area contributed by atoms with Crippen LogP contribution in [0, 0.1) is 12.7 Å². The van der Waals surface area contributed by atoms with Crippen molar-refractivity contribution in [3.8, 4) is 5.75 Å². The molecule has 1 amide bonds. The zero-order valence-corrected chi connectivity index (χ0v) is 15.8. The summed E-state index contributed by atoms with van der Waals surface area (Å²) >= 11 is 5.87. The van der Waals surface area contributed by atoms with Gasteiger partial charge in [0.1, 0.15) is 0 Å². The van der Waals surface area contributed by atoms with Crippen LogP contribution in [0.25, 0.3) is 10.9 Å². The normalized spacial score (nSPS) is 11.0. The van der Waals surface area contributed by atoms with E-state index in [9.17, 15) is 19.1 Å². The predicted octanol–water partition coefficient (Wildman–Crippen LogP) is 2.79. The highest BCUT2D eigenvalue weighted by Gasteiger charge is 2.23. The zero-order valence-electron chi connectivity index (χ0n) is 15.0. The Morgan fingerprint density at radius 3 is 2.54 bits per heavy atom. The highest BCUT2D eigenvalue weighted by Crippen LogP contribution is 2.32. The van der Waals surface area contributed by atoms with Gasteiger partial charge in [0.25, 0.3) is 5.91 Å². The molecule has 0 aliphatic rings. The van der Waals surface area contributed by atoms with Crippen LogP contribution in [0.3, 0.4) is 0 Å². The van der Waals surface area contributed by atoms with Crippen LogP contribution >= 0.6 is 11.6 Å². The molecule has 3 aromatic rings. The molecule has 0 saturated heterocycles. The minimum Gasteiger partial charge on any atom is -0.505 e. The van der Waals surface area contributed by atoms with Gasteiger partial charge in [0.2, 0.25) is 5.91 Å². The van der Waals surface area contributed by atoms with Gasteiger partial charge in [0.15, 0.2) is 11.6 Å². The number of aromatic hydroxyl groups is 1. The van der Waals surface area contributed by atoms with Crippen molar-refractivity contribution in [1.29, 1.82) is 0 Å². The van der Waals surface area contributed by atoms with Crippen LogP contribution < -0.4 is 5.32 Å². The first-order valence-corrected chi connectivity index (χ1v) is 8.91. The van der Waals surface area contributed by atoms with E-state index in [0.717, 1.165) is 6.07 Å². The molecule has 2 aromatic carbocycles. The Balaban J connectivity index is 2.15. The molecule has 1 aromatic heterocycles. The average Bonchev–Trinajstić information content (AvgIpc) is 2.91. The fourth-order valence-corrected chi connectivity index (χ4v) is 3.24. The quantitative estimate of drug-likeness (QED) is 0.609. The number of halogens is 2. The Bertz CT molecular complexity index is 1060. The standard InChI is InChI=1S/C20H18ClFN2O4/c1-11-14(9-19(27)23-6-7-25)15-8-18(26)16(22)10-17(15)24(11)20(28)12-2-4-13(21)5-3-12/h2-5,8,10,25-26H,6-7,9H2,1H3,(H,23,27). The molecule has 146 valence electrons. The summed E-state index contributed by atoms with van der Waals surface area (Å²) in [4.78, 5) is 25.2.